The summed E-state index contributed by atoms with van der Waals surface area (Å²) in [5, 5.41) is 15.7. The number of hydrogen-bond acceptors (Lipinski definition) is 5. The number of rotatable bonds is 3. The highest BCUT2D eigenvalue weighted by atomic mass is 16.3. The maximum atomic E-state index is 5.23. The van der Waals surface area contributed by atoms with E-state index in [-0.39, 0.29) is 6.04 Å². The van der Waals surface area contributed by atoms with E-state index in [9.17, 15) is 0 Å². The molecule has 16 heavy (non-hydrogen) atoms. The van der Waals surface area contributed by atoms with E-state index in [0.717, 1.165) is 24.6 Å². The van der Waals surface area contributed by atoms with E-state index in [2.05, 4.69) is 20.7 Å². The fourth-order valence-corrected chi connectivity index (χ4v) is 1.91. The Morgan fingerprint density at radius 1 is 1.56 bits per heavy atom. The molecule has 3 heterocycles. The fraction of sp³-hybridized carbons (Fsp3) is 0.500. The molecule has 0 radical (unpaired) electrons. The second kappa shape index (κ2) is 4.05. The van der Waals surface area contributed by atoms with Gasteiger partial charge in [0.25, 0.3) is 0 Å². The van der Waals surface area contributed by atoms with Crippen molar-refractivity contribution >= 4 is 0 Å². The number of hydrogen-bond donors (Lipinski definition) is 1. The minimum Gasteiger partial charge on any atom is -0.467 e. The SMILES string of the molecule is c1coc(Cn2nnc(C3CCCN3)n2)c1. The molecule has 6 nitrogen and oxygen atoms in total. The zero-order valence-corrected chi connectivity index (χ0v) is 8.83. The van der Waals surface area contributed by atoms with Crippen LogP contribution in [0, 0.1) is 0 Å². The van der Waals surface area contributed by atoms with Gasteiger partial charge in [-0.05, 0) is 36.7 Å². The van der Waals surface area contributed by atoms with Gasteiger partial charge < -0.3 is 9.73 Å². The molecule has 6 heteroatoms. The van der Waals surface area contributed by atoms with Crippen LogP contribution < -0.4 is 5.32 Å². The van der Waals surface area contributed by atoms with Gasteiger partial charge in [-0.1, -0.05) is 0 Å². The summed E-state index contributed by atoms with van der Waals surface area (Å²) >= 11 is 0. The Hall–Kier alpha value is -1.69. The van der Waals surface area contributed by atoms with Gasteiger partial charge in [-0.25, -0.2) is 0 Å². The van der Waals surface area contributed by atoms with Crippen LogP contribution >= 0.6 is 0 Å². The molecule has 1 aliphatic heterocycles. The van der Waals surface area contributed by atoms with Gasteiger partial charge in [-0.2, -0.15) is 4.80 Å². The zero-order valence-electron chi connectivity index (χ0n) is 8.83. The van der Waals surface area contributed by atoms with Gasteiger partial charge in [0.05, 0.1) is 12.3 Å². The molecule has 1 fully saturated rings. The second-order valence-electron chi connectivity index (χ2n) is 3.91. The largest absolute Gasteiger partial charge is 0.467 e. The molecule has 0 spiro atoms. The number of furan rings is 1. The van der Waals surface area contributed by atoms with Crippen molar-refractivity contribution in [3.05, 3.63) is 30.0 Å². The van der Waals surface area contributed by atoms with Crippen LogP contribution in [0.15, 0.2) is 22.8 Å². The first-order valence-electron chi connectivity index (χ1n) is 5.45. The number of aromatic nitrogens is 4. The summed E-state index contributed by atoms with van der Waals surface area (Å²) in [6.07, 6.45) is 3.91. The Bertz CT molecular complexity index is 443. The first kappa shape index (κ1) is 9.53. The standard InChI is InChI=1S/C10H13N5O/c1-4-9(11-5-1)10-12-14-15(13-10)7-8-3-2-6-16-8/h2-3,6,9,11H,1,4-5,7H2. The monoisotopic (exact) mass is 219 g/mol. The highest BCUT2D eigenvalue weighted by Crippen LogP contribution is 2.18. The van der Waals surface area contributed by atoms with E-state index in [1.165, 1.54) is 6.42 Å². The third-order valence-electron chi connectivity index (χ3n) is 2.72. The Morgan fingerprint density at radius 3 is 3.31 bits per heavy atom. The zero-order chi connectivity index (χ0) is 10.8. The molecule has 0 bridgehead atoms. The lowest BCUT2D eigenvalue weighted by Gasteiger charge is -2.02. The van der Waals surface area contributed by atoms with Crippen LogP contribution in [0.5, 0.6) is 0 Å². The fourth-order valence-electron chi connectivity index (χ4n) is 1.91. The van der Waals surface area contributed by atoms with Gasteiger partial charge >= 0.3 is 0 Å². The Kier molecular flexibility index (Phi) is 2.41. The molecule has 1 aliphatic rings. The molecular weight excluding hydrogens is 206 g/mol. The summed E-state index contributed by atoms with van der Waals surface area (Å²) < 4.78 is 5.23. The molecule has 0 aliphatic carbocycles. The predicted octanol–water partition coefficient (Wildman–Crippen LogP) is 0.739. The number of nitrogens with zero attached hydrogens (tertiary/aromatic N) is 4. The van der Waals surface area contributed by atoms with Crippen molar-refractivity contribution in [1.29, 1.82) is 0 Å². The highest BCUT2D eigenvalue weighted by molar-refractivity contribution is 4.98. The Labute approximate surface area is 92.6 Å². The maximum Gasteiger partial charge on any atom is 0.191 e. The van der Waals surface area contributed by atoms with Crippen molar-refractivity contribution in [3.8, 4) is 0 Å². The van der Waals surface area contributed by atoms with Gasteiger partial charge in [0.2, 0.25) is 0 Å². The van der Waals surface area contributed by atoms with Crippen molar-refractivity contribution < 1.29 is 4.42 Å². The summed E-state index contributed by atoms with van der Waals surface area (Å²) in [4.78, 5) is 1.56. The molecule has 1 N–H and O–H groups in total. The molecule has 1 saturated heterocycles. The van der Waals surface area contributed by atoms with Crippen LogP contribution in [0.2, 0.25) is 0 Å². The van der Waals surface area contributed by atoms with Crippen LogP contribution in [0.1, 0.15) is 30.5 Å². The van der Waals surface area contributed by atoms with E-state index in [0.29, 0.717) is 6.54 Å². The summed E-state index contributed by atoms with van der Waals surface area (Å²) in [5.74, 6) is 1.62. The molecule has 84 valence electrons. The summed E-state index contributed by atoms with van der Waals surface area (Å²) in [5.41, 5.74) is 0. The molecule has 1 unspecified atom stereocenters. The predicted molar refractivity (Wildman–Crippen MR) is 55.6 cm³/mol. The first-order chi connectivity index (χ1) is 7.92. The van der Waals surface area contributed by atoms with Crippen LogP contribution in [0.4, 0.5) is 0 Å². The van der Waals surface area contributed by atoms with E-state index in [1.807, 2.05) is 12.1 Å². The quantitative estimate of drug-likeness (QED) is 0.824. The highest BCUT2D eigenvalue weighted by Gasteiger charge is 2.20. The second-order valence-corrected chi connectivity index (χ2v) is 3.91. The van der Waals surface area contributed by atoms with Crippen molar-refractivity contribution in [1.82, 2.24) is 25.5 Å². The van der Waals surface area contributed by atoms with Crippen LogP contribution in [0.25, 0.3) is 0 Å². The van der Waals surface area contributed by atoms with Gasteiger partial charge in [0, 0.05) is 0 Å². The molecular formula is C10H13N5O. The maximum absolute atomic E-state index is 5.23. The van der Waals surface area contributed by atoms with Crippen molar-refractivity contribution in [2.75, 3.05) is 6.54 Å². The third-order valence-corrected chi connectivity index (χ3v) is 2.72. The molecule has 2 aromatic rings. The molecule has 0 amide bonds. The molecule has 0 saturated carbocycles. The van der Waals surface area contributed by atoms with E-state index < -0.39 is 0 Å². The molecule has 3 rings (SSSR count). The Morgan fingerprint density at radius 2 is 2.56 bits per heavy atom. The van der Waals surface area contributed by atoms with Crippen LogP contribution in [-0.4, -0.2) is 26.8 Å². The average Bonchev–Trinajstić information content (AvgIpc) is 2.99. The summed E-state index contributed by atoms with van der Waals surface area (Å²) in [6.45, 7) is 1.57. The van der Waals surface area contributed by atoms with Crippen molar-refractivity contribution in [2.24, 2.45) is 0 Å². The number of nitrogens with one attached hydrogen (secondary N) is 1. The van der Waals surface area contributed by atoms with Crippen LogP contribution in [-0.2, 0) is 6.54 Å². The molecule has 2 aromatic heterocycles. The molecule has 0 aromatic carbocycles. The normalized spacial score (nSPS) is 20.4. The van der Waals surface area contributed by atoms with Crippen molar-refractivity contribution in [2.45, 2.75) is 25.4 Å². The first-order valence-corrected chi connectivity index (χ1v) is 5.45. The van der Waals surface area contributed by atoms with E-state index in [4.69, 9.17) is 4.42 Å². The lowest BCUT2D eigenvalue weighted by molar-refractivity contribution is 0.451. The van der Waals surface area contributed by atoms with Gasteiger partial charge in [-0.15, -0.1) is 10.2 Å². The lowest BCUT2D eigenvalue weighted by atomic mass is 10.2. The molecule has 1 atom stereocenters. The van der Waals surface area contributed by atoms with E-state index in [1.54, 1.807) is 11.1 Å². The van der Waals surface area contributed by atoms with Gasteiger partial charge in [0.15, 0.2) is 5.82 Å². The third kappa shape index (κ3) is 1.83. The van der Waals surface area contributed by atoms with Crippen LogP contribution in [0.3, 0.4) is 0 Å². The minimum atomic E-state index is 0.269. The minimum absolute atomic E-state index is 0.269. The van der Waals surface area contributed by atoms with Gasteiger partial charge in [-0.3, -0.25) is 0 Å². The van der Waals surface area contributed by atoms with Gasteiger partial charge in [0.1, 0.15) is 12.3 Å². The lowest BCUT2D eigenvalue weighted by Crippen LogP contribution is -2.14. The Balaban J connectivity index is 1.72. The van der Waals surface area contributed by atoms with Crippen molar-refractivity contribution in [3.63, 3.8) is 0 Å². The summed E-state index contributed by atoms with van der Waals surface area (Å²) in [6, 6.07) is 4.02. The smallest absolute Gasteiger partial charge is 0.191 e. The number of tetrazole rings is 1. The topological polar surface area (TPSA) is 68.8 Å². The van der Waals surface area contributed by atoms with E-state index >= 15 is 0 Å². The average molecular weight is 219 g/mol. The summed E-state index contributed by atoms with van der Waals surface area (Å²) in [7, 11) is 0.